The molecular weight excluding hydrogens is 621 g/mol. The molecule has 0 aromatic carbocycles. The lowest BCUT2D eigenvalue weighted by molar-refractivity contribution is -0.150. The van der Waals surface area contributed by atoms with Crippen LogP contribution in [0.15, 0.2) is 0 Å². The van der Waals surface area contributed by atoms with E-state index in [1.165, 1.54) is 102 Å². The second kappa shape index (κ2) is 31.7. The van der Waals surface area contributed by atoms with Crippen molar-refractivity contribution in [2.75, 3.05) is 45.6 Å². The van der Waals surface area contributed by atoms with E-state index in [1.807, 2.05) is 4.90 Å². The lowest BCUT2D eigenvalue weighted by atomic mass is 9.85. The summed E-state index contributed by atoms with van der Waals surface area (Å²) in [5, 5.41) is 0.0475. The van der Waals surface area contributed by atoms with Crippen LogP contribution in [0.2, 0.25) is 0 Å². The van der Waals surface area contributed by atoms with E-state index in [4.69, 9.17) is 9.47 Å². The number of nitrogens with zero attached hydrogens (tertiary/aromatic N) is 2. The third kappa shape index (κ3) is 25.7. The highest BCUT2D eigenvalue weighted by molar-refractivity contribution is 8.13. The van der Waals surface area contributed by atoms with Crippen LogP contribution in [0.25, 0.3) is 0 Å². The molecule has 7 nitrogen and oxygen atoms in total. The number of rotatable bonds is 33. The van der Waals surface area contributed by atoms with Gasteiger partial charge in [-0.05, 0) is 83.7 Å². The Morgan fingerprint density at radius 1 is 0.667 bits per heavy atom. The first-order valence-electron chi connectivity index (χ1n) is 20.3. The van der Waals surface area contributed by atoms with Gasteiger partial charge in [0, 0.05) is 38.2 Å². The number of ether oxygens (including phenoxy) is 2. The van der Waals surface area contributed by atoms with E-state index in [0.717, 1.165) is 69.7 Å². The number of amides is 1. The molecule has 1 amide bonds. The summed E-state index contributed by atoms with van der Waals surface area (Å²) >= 11 is 1.37. The van der Waals surface area contributed by atoms with E-state index < -0.39 is 0 Å². The fourth-order valence-electron chi connectivity index (χ4n) is 6.34. The summed E-state index contributed by atoms with van der Waals surface area (Å²) < 4.78 is 11.5. The second-order valence-corrected chi connectivity index (χ2v) is 15.4. The predicted molar refractivity (Wildman–Crippen MR) is 204 cm³/mol. The topological polar surface area (TPSA) is 76.1 Å². The van der Waals surface area contributed by atoms with Crippen LogP contribution in [-0.2, 0) is 19.1 Å². The molecule has 1 aliphatic carbocycles. The minimum Gasteiger partial charge on any atom is -0.466 e. The number of unbranched alkanes of at least 4 members (excludes halogenated alkanes) is 12. The van der Waals surface area contributed by atoms with E-state index >= 15 is 0 Å². The summed E-state index contributed by atoms with van der Waals surface area (Å²) in [5.74, 6) is 1.31. The standard InChI is InChI=1S/C40H76N2O5S/c1-5-8-11-14-17-26-37(27-18-15-12-9-6-2)47-39(44)29-22-32-42(31-21-28-38(43)46-33-19-16-13-10-7-3)40(45)48-34-23-30-41(4)35-36-24-20-25-36/h36-37H,5-35H2,1-4H3. The molecule has 0 aliphatic heterocycles. The van der Waals surface area contributed by atoms with E-state index in [1.54, 1.807) is 0 Å². The van der Waals surface area contributed by atoms with E-state index in [9.17, 15) is 14.4 Å². The highest BCUT2D eigenvalue weighted by Gasteiger charge is 2.20. The van der Waals surface area contributed by atoms with Crippen molar-refractivity contribution in [1.29, 1.82) is 0 Å². The van der Waals surface area contributed by atoms with Gasteiger partial charge in [-0.3, -0.25) is 14.4 Å². The Bertz CT molecular complexity index is 780. The SMILES string of the molecule is CCCCCCCOC(=O)CCCN(CCCC(=O)OC(CCCCCCC)CCCCCCC)C(=O)SCCCN(C)CC1CCC1. The van der Waals surface area contributed by atoms with Gasteiger partial charge in [-0.15, -0.1) is 0 Å². The predicted octanol–water partition coefficient (Wildman–Crippen LogP) is 11.0. The molecule has 0 spiro atoms. The Morgan fingerprint density at radius 2 is 1.21 bits per heavy atom. The average Bonchev–Trinajstić information content (AvgIpc) is 3.05. The van der Waals surface area contributed by atoms with Gasteiger partial charge in [0.2, 0.25) is 0 Å². The zero-order valence-corrected chi connectivity index (χ0v) is 32.7. The zero-order chi connectivity index (χ0) is 35.1. The molecule has 8 heteroatoms. The highest BCUT2D eigenvalue weighted by atomic mass is 32.2. The van der Waals surface area contributed by atoms with Crippen molar-refractivity contribution in [3.05, 3.63) is 0 Å². The molecule has 0 heterocycles. The third-order valence-electron chi connectivity index (χ3n) is 9.65. The van der Waals surface area contributed by atoms with Gasteiger partial charge in [-0.25, -0.2) is 0 Å². The first kappa shape index (κ1) is 44.7. The van der Waals surface area contributed by atoms with Crippen molar-refractivity contribution in [3.8, 4) is 0 Å². The summed E-state index contributed by atoms with van der Waals surface area (Å²) in [7, 11) is 2.18. The van der Waals surface area contributed by atoms with Crippen LogP contribution in [0, 0.1) is 5.92 Å². The largest absolute Gasteiger partial charge is 0.466 e. The van der Waals surface area contributed by atoms with Gasteiger partial charge in [0.15, 0.2) is 0 Å². The molecule has 1 rings (SSSR count). The molecule has 1 fully saturated rings. The van der Waals surface area contributed by atoms with Crippen molar-refractivity contribution in [3.63, 3.8) is 0 Å². The number of esters is 2. The maximum absolute atomic E-state index is 13.3. The van der Waals surface area contributed by atoms with E-state index in [2.05, 4.69) is 32.7 Å². The molecule has 0 aromatic heterocycles. The molecule has 0 N–H and O–H groups in total. The number of carbonyl (C=O) groups excluding carboxylic acids is 3. The summed E-state index contributed by atoms with van der Waals surface area (Å²) in [5.41, 5.74) is 0. The van der Waals surface area contributed by atoms with Crippen LogP contribution in [-0.4, -0.2) is 78.7 Å². The van der Waals surface area contributed by atoms with Crippen molar-refractivity contribution >= 4 is 28.9 Å². The summed E-state index contributed by atoms with van der Waals surface area (Å²) in [6.45, 7) is 10.3. The molecule has 0 saturated heterocycles. The quantitative estimate of drug-likeness (QED) is 0.0499. The Labute approximate surface area is 300 Å². The first-order valence-corrected chi connectivity index (χ1v) is 21.3. The lowest BCUT2D eigenvalue weighted by Crippen LogP contribution is -2.32. The molecule has 1 saturated carbocycles. The molecule has 0 unspecified atom stereocenters. The van der Waals surface area contributed by atoms with Crippen molar-refractivity contribution in [2.45, 2.75) is 187 Å². The zero-order valence-electron chi connectivity index (χ0n) is 31.9. The fourth-order valence-corrected chi connectivity index (χ4v) is 7.15. The van der Waals surface area contributed by atoms with E-state index in [-0.39, 0.29) is 23.3 Å². The third-order valence-corrected chi connectivity index (χ3v) is 10.6. The first-order chi connectivity index (χ1) is 23.4. The summed E-state index contributed by atoms with van der Waals surface area (Å²) in [6.07, 6.45) is 26.5. The number of hydrogen-bond donors (Lipinski definition) is 0. The molecule has 0 radical (unpaired) electrons. The Morgan fingerprint density at radius 3 is 1.75 bits per heavy atom. The second-order valence-electron chi connectivity index (χ2n) is 14.4. The van der Waals surface area contributed by atoms with Crippen molar-refractivity contribution in [2.24, 2.45) is 5.92 Å². The Kier molecular flexibility index (Phi) is 29.5. The van der Waals surface area contributed by atoms with Gasteiger partial charge in [-0.1, -0.05) is 116 Å². The van der Waals surface area contributed by atoms with Crippen LogP contribution < -0.4 is 0 Å². The monoisotopic (exact) mass is 697 g/mol. The normalized spacial score (nSPS) is 13.2. The maximum Gasteiger partial charge on any atom is 0.306 e. The van der Waals surface area contributed by atoms with Crippen LogP contribution in [0.4, 0.5) is 4.79 Å². The number of thioether (sulfide) groups is 1. The molecular formula is C40H76N2O5S. The number of carbonyl (C=O) groups is 3. The van der Waals surface area contributed by atoms with Gasteiger partial charge in [0.1, 0.15) is 6.10 Å². The van der Waals surface area contributed by atoms with Crippen molar-refractivity contribution < 1.29 is 23.9 Å². The minimum atomic E-state index is -0.181. The van der Waals surface area contributed by atoms with E-state index in [0.29, 0.717) is 45.4 Å². The van der Waals surface area contributed by atoms with Crippen LogP contribution in [0.3, 0.4) is 0 Å². The Hall–Kier alpha value is -1.28. The van der Waals surface area contributed by atoms with Gasteiger partial charge in [-0.2, -0.15) is 0 Å². The Balaban J connectivity index is 2.53. The van der Waals surface area contributed by atoms with Crippen LogP contribution in [0.5, 0.6) is 0 Å². The maximum atomic E-state index is 13.3. The lowest BCUT2D eigenvalue weighted by Gasteiger charge is -2.30. The minimum absolute atomic E-state index is 0.00845. The van der Waals surface area contributed by atoms with Crippen molar-refractivity contribution in [1.82, 2.24) is 9.80 Å². The average molecular weight is 697 g/mol. The summed E-state index contributed by atoms with van der Waals surface area (Å²) in [6, 6.07) is 0. The fraction of sp³-hybridized carbons (Fsp3) is 0.925. The van der Waals surface area contributed by atoms with Gasteiger partial charge in [0.25, 0.3) is 5.24 Å². The highest BCUT2D eigenvalue weighted by Crippen LogP contribution is 2.27. The molecule has 1 aliphatic rings. The van der Waals surface area contributed by atoms with Crippen LogP contribution >= 0.6 is 11.8 Å². The van der Waals surface area contributed by atoms with Gasteiger partial charge < -0.3 is 19.3 Å². The molecule has 48 heavy (non-hydrogen) atoms. The summed E-state index contributed by atoms with van der Waals surface area (Å²) in [4.78, 5) is 42.8. The molecule has 0 aromatic rings. The molecule has 0 atom stereocenters. The smallest absolute Gasteiger partial charge is 0.306 e. The molecule has 0 bridgehead atoms. The van der Waals surface area contributed by atoms with Gasteiger partial charge >= 0.3 is 11.9 Å². The van der Waals surface area contributed by atoms with Gasteiger partial charge in [0.05, 0.1) is 6.61 Å². The van der Waals surface area contributed by atoms with Crippen LogP contribution in [0.1, 0.15) is 181 Å². The molecule has 282 valence electrons. The number of hydrogen-bond acceptors (Lipinski definition) is 7.